The van der Waals surface area contributed by atoms with Gasteiger partial charge in [0.05, 0.1) is 0 Å². The third-order valence-electron chi connectivity index (χ3n) is 3.89. The molecule has 1 amide bonds. The number of carbonyl (C=O) groups excluding carboxylic acids is 1. The summed E-state index contributed by atoms with van der Waals surface area (Å²) in [5.74, 6) is 0.321. The van der Waals surface area contributed by atoms with E-state index >= 15 is 0 Å². The molecule has 138 valence electrons. The van der Waals surface area contributed by atoms with Crippen molar-refractivity contribution in [1.82, 2.24) is 10.9 Å². The summed E-state index contributed by atoms with van der Waals surface area (Å²) in [5.41, 5.74) is 8.07. The lowest BCUT2D eigenvalue weighted by Gasteiger charge is -2.13. The molecule has 0 aliphatic carbocycles. The van der Waals surface area contributed by atoms with E-state index in [4.69, 9.17) is 28.2 Å². The monoisotopic (exact) mass is 399 g/mol. The number of carbonyl (C=O) groups is 1. The van der Waals surface area contributed by atoms with Crippen LogP contribution in [0.15, 0.2) is 65.1 Å². The molecule has 1 aromatic heterocycles. The molecule has 0 radical (unpaired) electrons. The summed E-state index contributed by atoms with van der Waals surface area (Å²) >= 11 is 11.1. The Kier molecular flexibility index (Phi) is 6.11. The summed E-state index contributed by atoms with van der Waals surface area (Å²) in [7, 11) is 0. The smallest absolute Gasteiger partial charge is 0.305 e. The van der Waals surface area contributed by atoms with E-state index < -0.39 is 5.91 Å². The fourth-order valence-corrected chi connectivity index (χ4v) is 2.80. The van der Waals surface area contributed by atoms with Gasteiger partial charge >= 0.3 is 5.91 Å². The number of anilines is 1. The summed E-state index contributed by atoms with van der Waals surface area (Å²) in [6, 6.07) is 18.3. The lowest BCUT2D eigenvalue weighted by Crippen LogP contribution is -2.43. The number of rotatable bonds is 4. The van der Waals surface area contributed by atoms with Crippen LogP contribution in [0.1, 0.15) is 23.0 Å². The first-order valence-electron chi connectivity index (χ1n) is 8.38. The van der Waals surface area contributed by atoms with Gasteiger partial charge in [0.2, 0.25) is 0 Å². The van der Waals surface area contributed by atoms with Crippen LogP contribution in [-0.4, -0.2) is 11.0 Å². The summed E-state index contributed by atoms with van der Waals surface area (Å²) < 4.78 is 5.60. The number of aryl methyl sites for hydroxylation is 1. The van der Waals surface area contributed by atoms with E-state index in [-0.39, 0.29) is 10.9 Å². The average Bonchev–Trinajstić information content (AvgIpc) is 3.17. The van der Waals surface area contributed by atoms with Gasteiger partial charge in [-0.2, -0.15) is 0 Å². The third kappa shape index (κ3) is 4.87. The number of halogens is 1. The number of para-hydroxylation sites is 1. The molecule has 5 nitrogen and oxygen atoms in total. The van der Waals surface area contributed by atoms with Crippen molar-refractivity contribution >= 4 is 40.5 Å². The minimum atomic E-state index is -0.428. The van der Waals surface area contributed by atoms with Crippen LogP contribution in [-0.2, 0) is 6.42 Å². The predicted octanol–water partition coefficient (Wildman–Crippen LogP) is 4.79. The van der Waals surface area contributed by atoms with Gasteiger partial charge in [-0.25, -0.2) is 0 Å². The molecule has 0 unspecified atom stereocenters. The molecular weight excluding hydrogens is 382 g/mol. The molecule has 0 aliphatic heterocycles. The van der Waals surface area contributed by atoms with E-state index in [2.05, 4.69) is 23.1 Å². The Morgan fingerprint density at radius 2 is 1.78 bits per heavy atom. The Morgan fingerprint density at radius 3 is 2.52 bits per heavy atom. The van der Waals surface area contributed by atoms with E-state index in [9.17, 15) is 4.79 Å². The van der Waals surface area contributed by atoms with E-state index in [0.717, 1.165) is 23.2 Å². The molecule has 0 atom stereocenters. The van der Waals surface area contributed by atoms with Crippen LogP contribution < -0.4 is 16.2 Å². The highest BCUT2D eigenvalue weighted by atomic mass is 35.5. The average molecular weight is 400 g/mol. The lowest BCUT2D eigenvalue weighted by atomic mass is 10.1. The zero-order chi connectivity index (χ0) is 19.2. The van der Waals surface area contributed by atoms with Crippen molar-refractivity contribution in [3.8, 4) is 11.3 Å². The zero-order valence-electron chi connectivity index (χ0n) is 14.6. The maximum Gasteiger partial charge on any atom is 0.305 e. The Labute approximate surface area is 167 Å². The number of amides is 1. The molecule has 3 rings (SSSR count). The normalized spacial score (nSPS) is 10.3. The molecule has 0 saturated heterocycles. The minimum Gasteiger partial charge on any atom is -0.451 e. The van der Waals surface area contributed by atoms with Crippen molar-refractivity contribution in [2.45, 2.75) is 13.3 Å². The van der Waals surface area contributed by atoms with Gasteiger partial charge in [-0.3, -0.25) is 15.6 Å². The molecule has 0 fully saturated rings. The van der Waals surface area contributed by atoms with E-state index in [1.54, 1.807) is 24.3 Å². The van der Waals surface area contributed by atoms with E-state index in [0.29, 0.717) is 10.8 Å². The van der Waals surface area contributed by atoms with Crippen molar-refractivity contribution in [2.24, 2.45) is 0 Å². The van der Waals surface area contributed by atoms with Gasteiger partial charge in [-0.15, -0.1) is 0 Å². The van der Waals surface area contributed by atoms with Crippen LogP contribution >= 0.6 is 23.8 Å². The molecule has 3 N–H and O–H groups in total. The molecule has 3 aromatic rings. The number of furan rings is 1. The predicted molar refractivity (Wildman–Crippen MR) is 112 cm³/mol. The van der Waals surface area contributed by atoms with Crippen LogP contribution in [0.5, 0.6) is 0 Å². The van der Waals surface area contributed by atoms with Crippen LogP contribution in [0.2, 0.25) is 5.02 Å². The lowest BCUT2D eigenvalue weighted by molar-refractivity contribution is 0.0917. The molecule has 7 heteroatoms. The van der Waals surface area contributed by atoms with E-state index in [1.807, 2.05) is 36.4 Å². The van der Waals surface area contributed by atoms with Crippen molar-refractivity contribution in [3.63, 3.8) is 0 Å². The second kappa shape index (κ2) is 8.70. The first-order valence-corrected chi connectivity index (χ1v) is 9.16. The number of hydrogen-bond acceptors (Lipinski definition) is 3. The van der Waals surface area contributed by atoms with Gasteiger partial charge in [0.25, 0.3) is 0 Å². The number of hydrazine groups is 1. The number of nitrogens with one attached hydrogen (secondary N) is 3. The van der Waals surface area contributed by atoms with Gasteiger partial charge in [-0.05, 0) is 66.7 Å². The van der Waals surface area contributed by atoms with Crippen LogP contribution in [0.3, 0.4) is 0 Å². The molecule has 1 heterocycles. The number of benzene rings is 2. The molecule has 27 heavy (non-hydrogen) atoms. The van der Waals surface area contributed by atoms with Crippen molar-refractivity contribution in [1.29, 1.82) is 0 Å². The highest BCUT2D eigenvalue weighted by Gasteiger charge is 2.12. The second-order valence-corrected chi connectivity index (χ2v) is 6.56. The van der Waals surface area contributed by atoms with Crippen LogP contribution in [0.25, 0.3) is 11.3 Å². The van der Waals surface area contributed by atoms with Crippen LogP contribution in [0.4, 0.5) is 5.69 Å². The molecule has 0 bridgehead atoms. The molecule has 0 aliphatic rings. The topological polar surface area (TPSA) is 66.3 Å². The fraction of sp³-hybridized carbons (Fsp3) is 0.100. The zero-order valence-corrected chi connectivity index (χ0v) is 16.2. The van der Waals surface area contributed by atoms with E-state index in [1.165, 1.54) is 0 Å². The SMILES string of the molecule is CCc1ccccc1NC(=S)NNC(=O)c1ccc(-c2ccc(Cl)cc2)o1. The fourth-order valence-electron chi connectivity index (χ4n) is 2.51. The van der Waals surface area contributed by atoms with Gasteiger partial charge in [-0.1, -0.05) is 36.7 Å². The molecular formula is C20H18ClN3O2S. The Bertz CT molecular complexity index is 954. The van der Waals surface area contributed by atoms with Gasteiger partial charge < -0.3 is 9.73 Å². The quantitative estimate of drug-likeness (QED) is 0.434. The Balaban J connectivity index is 1.58. The van der Waals surface area contributed by atoms with Crippen molar-refractivity contribution < 1.29 is 9.21 Å². The highest BCUT2D eigenvalue weighted by Crippen LogP contribution is 2.23. The maximum absolute atomic E-state index is 12.2. The summed E-state index contributed by atoms with van der Waals surface area (Å²) in [6.45, 7) is 2.06. The van der Waals surface area contributed by atoms with Crippen molar-refractivity contribution in [3.05, 3.63) is 77.0 Å². The standard InChI is InChI=1S/C20H18ClN3O2S/c1-2-13-5-3-4-6-16(13)22-20(27)24-23-19(25)18-12-11-17(26-18)14-7-9-15(21)10-8-14/h3-12H,2H2,1H3,(H,23,25)(H2,22,24,27). The largest absolute Gasteiger partial charge is 0.451 e. The van der Waals surface area contributed by atoms with Gasteiger partial charge in [0.1, 0.15) is 5.76 Å². The second-order valence-electron chi connectivity index (χ2n) is 5.71. The Hall–Kier alpha value is -2.83. The Morgan fingerprint density at radius 1 is 1.04 bits per heavy atom. The highest BCUT2D eigenvalue weighted by molar-refractivity contribution is 7.80. The molecule has 0 spiro atoms. The van der Waals surface area contributed by atoms with Gasteiger partial charge in [0.15, 0.2) is 10.9 Å². The third-order valence-corrected chi connectivity index (χ3v) is 4.35. The summed E-state index contributed by atoms with van der Waals surface area (Å²) in [6.07, 6.45) is 0.873. The molecule has 2 aromatic carbocycles. The van der Waals surface area contributed by atoms with Crippen LogP contribution in [0, 0.1) is 0 Å². The van der Waals surface area contributed by atoms with Crippen molar-refractivity contribution in [2.75, 3.05) is 5.32 Å². The summed E-state index contributed by atoms with van der Waals surface area (Å²) in [5, 5.41) is 3.99. The summed E-state index contributed by atoms with van der Waals surface area (Å²) in [4.78, 5) is 12.2. The minimum absolute atomic E-state index is 0.171. The number of thiocarbonyl (C=S) groups is 1. The maximum atomic E-state index is 12.2. The first-order chi connectivity index (χ1) is 13.1. The molecule has 0 saturated carbocycles. The first kappa shape index (κ1) is 18.9. The number of hydrogen-bond donors (Lipinski definition) is 3. The van der Waals surface area contributed by atoms with Gasteiger partial charge in [0, 0.05) is 16.3 Å².